The molecule has 0 saturated heterocycles. The number of anilines is 1. The quantitative estimate of drug-likeness (QED) is 0.633. The summed E-state index contributed by atoms with van der Waals surface area (Å²) in [4.78, 5) is 3.29. The first-order valence-corrected chi connectivity index (χ1v) is 8.39. The van der Waals surface area contributed by atoms with Crippen molar-refractivity contribution in [3.8, 4) is 0 Å². The molecular formula is C11H12ClNO2S2. The molecule has 0 saturated carbocycles. The van der Waals surface area contributed by atoms with Crippen LogP contribution >= 0.6 is 22.4 Å². The fourth-order valence-electron chi connectivity index (χ4n) is 1.75. The predicted molar refractivity (Wildman–Crippen MR) is 72.6 cm³/mol. The molecule has 0 spiro atoms. The molecule has 0 aliphatic carbocycles. The minimum Gasteiger partial charge on any atom is -0.366 e. The molecule has 0 amide bonds. The van der Waals surface area contributed by atoms with E-state index in [0.29, 0.717) is 0 Å². The van der Waals surface area contributed by atoms with Crippen LogP contribution in [-0.4, -0.2) is 27.3 Å². The summed E-state index contributed by atoms with van der Waals surface area (Å²) in [6.45, 7) is 5.42. The van der Waals surface area contributed by atoms with Gasteiger partial charge in [0.15, 0.2) is 0 Å². The summed E-state index contributed by atoms with van der Waals surface area (Å²) in [6.07, 6.45) is 1.84. The summed E-state index contributed by atoms with van der Waals surface area (Å²) in [7, 11) is 1.69. The Hall–Kier alpha value is -0.650. The van der Waals surface area contributed by atoms with E-state index in [-0.39, 0.29) is 4.90 Å². The summed E-state index contributed by atoms with van der Waals surface area (Å²) in [5.74, 6) is 0.937. The summed E-state index contributed by atoms with van der Waals surface area (Å²) in [6, 6.07) is 4.99. The molecule has 0 atom stereocenters. The molecule has 0 unspecified atom stereocenters. The summed E-state index contributed by atoms with van der Waals surface area (Å²) in [5, 5.41) is 0. The third kappa shape index (κ3) is 2.78. The third-order valence-corrected chi connectivity index (χ3v) is 4.90. The standard InChI is InChI=1S/C11H12ClNO2S2/c1-2-5-13-6-7-16-11-8-9(17(12,14)15)3-4-10(11)13/h2-4,8H,1,5-7H2. The maximum Gasteiger partial charge on any atom is 0.261 e. The van der Waals surface area contributed by atoms with Crippen molar-refractivity contribution in [2.45, 2.75) is 9.79 Å². The van der Waals surface area contributed by atoms with Crippen LogP contribution in [0.2, 0.25) is 0 Å². The van der Waals surface area contributed by atoms with E-state index in [1.165, 1.54) is 0 Å². The number of nitrogens with zero attached hydrogens (tertiary/aromatic N) is 1. The zero-order valence-electron chi connectivity index (χ0n) is 9.10. The molecule has 0 fully saturated rings. The van der Waals surface area contributed by atoms with Crippen molar-refractivity contribution in [2.75, 3.05) is 23.7 Å². The Kier molecular flexibility index (Phi) is 3.70. The average Bonchev–Trinajstić information content (AvgIpc) is 2.28. The number of halogens is 1. The Bertz CT molecular complexity index is 542. The first-order valence-electron chi connectivity index (χ1n) is 5.10. The predicted octanol–water partition coefficient (Wildman–Crippen LogP) is 2.71. The first-order chi connectivity index (χ1) is 8.02. The molecule has 92 valence electrons. The van der Waals surface area contributed by atoms with Crippen LogP contribution in [0.4, 0.5) is 5.69 Å². The van der Waals surface area contributed by atoms with Gasteiger partial charge < -0.3 is 4.90 Å². The second-order valence-corrected chi connectivity index (χ2v) is 7.35. The zero-order chi connectivity index (χ0) is 12.5. The number of rotatable bonds is 3. The van der Waals surface area contributed by atoms with Crippen molar-refractivity contribution < 1.29 is 8.42 Å². The molecule has 0 radical (unpaired) electrons. The van der Waals surface area contributed by atoms with E-state index >= 15 is 0 Å². The van der Waals surface area contributed by atoms with Gasteiger partial charge in [-0.3, -0.25) is 0 Å². The van der Waals surface area contributed by atoms with Crippen LogP contribution < -0.4 is 4.90 Å². The molecule has 3 nitrogen and oxygen atoms in total. The van der Waals surface area contributed by atoms with Crippen molar-refractivity contribution >= 4 is 37.2 Å². The van der Waals surface area contributed by atoms with Crippen LogP contribution in [0.1, 0.15) is 0 Å². The molecule has 1 aromatic rings. The summed E-state index contributed by atoms with van der Waals surface area (Å²) in [5.41, 5.74) is 1.05. The van der Waals surface area contributed by atoms with Crippen LogP contribution in [0.5, 0.6) is 0 Å². The van der Waals surface area contributed by atoms with Crippen LogP contribution in [0.15, 0.2) is 40.6 Å². The van der Waals surface area contributed by atoms with Crippen molar-refractivity contribution in [2.24, 2.45) is 0 Å². The molecule has 0 N–H and O–H groups in total. The molecule has 1 aliphatic rings. The van der Waals surface area contributed by atoms with Gasteiger partial charge in [-0.1, -0.05) is 6.08 Å². The van der Waals surface area contributed by atoms with E-state index in [2.05, 4.69) is 11.5 Å². The molecule has 6 heteroatoms. The lowest BCUT2D eigenvalue weighted by atomic mass is 10.2. The molecular weight excluding hydrogens is 278 g/mol. The lowest BCUT2D eigenvalue weighted by molar-refractivity contribution is 0.609. The van der Waals surface area contributed by atoms with Gasteiger partial charge in [0.25, 0.3) is 9.05 Å². The molecule has 1 aromatic carbocycles. The Balaban J connectivity index is 2.43. The summed E-state index contributed by atoms with van der Waals surface area (Å²) >= 11 is 1.65. The van der Waals surface area contributed by atoms with Gasteiger partial charge in [-0.15, -0.1) is 18.3 Å². The number of thioether (sulfide) groups is 1. The Labute approximate surface area is 110 Å². The van der Waals surface area contributed by atoms with Gasteiger partial charge in [-0.25, -0.2) is 8.42 Å². The highest BCUT2D eigenvalue weighted by atomic mass is 35.7. The van der Waals surface area contributed by atoms with Crippen molar-refractivity contribution in [3.63, 3.8) is 0 Å². The van der Waals surface area contributed by atoms with Crippen molar-refractivity contribution in [3.05, 3.63) is 30.9 Å². The molecule has 17 heavy (non-hydrogen) atoms. The third-order valence-electron chi connectivity index (χ3n) is 2.52. The lowest BCUT2D eigenvalue weighted by Gasteiger charge is -2.29. The van der Waals surface area contributed by atoms with Gasteiger partial charge in [-0.05, 0) is 18.2 Å². The number of fused-ring (bicyclic) bond motifs is 1. The maximum atomic E-state index is 11.3. The Morgan fingerprint density at radius 2 is 2.29 bits per heavy atom. The van der Waals surface area contributed by atoms with E-state index < -0.39 is 9.05 Å². The number of hydrogen-bond acceptors (Lipinski definition) is 4. The van der Waals surface area contributed by atoms with Gasteiger partial charge in [0.1, 0.15) is 0 Å². The fourth-order valence-corrected chi connectivity index (χ4v) is 3.69. The molecule has 0 aromatic heterocycles. The van der Waals surface area contributed by atoms with Crippen LogP contribution in [0.25, 0.3) is 0 Å². The number of hydrogen-bond donors (Lipinski definition) is 0. The molecule has 2 rings (SSSR count). The normalized spacial score (nSPS) is 15.5. The second kappa shape index (κ2) is 4.92. The first kappa shape index (κ1) is 12.8. The van der Waals surface area contributed by atoms with Crippen LogP contribution in [-0.2, 0) is 9.05 Å². The van der Waals surface area contributed by atoms with Gasteiger partial charge in [-0.2, -0.15) is 0 Å². The lowest BCUT2D eigenvalue weighted by Crippen LogP contribution is -2.29. The minimum absolute atomic E-state index is 0.158. The van der Waals surface area contributed by atoms with Gasteiger partial charge in [0.05, 0.1) is 10.6 Å². The van der Waals surface area contributed by atoms with E-state index in [1.807, 2.05) is 6.08 Å². The molecule has 1 aliphatic heterocycles. The van der Waals surface area contributed by atoms with E-state index in [9.17, 15) is 8.42 Å². The largest absolute Gasteiger partial charge is 0.366 e. The van der Waals surface area contributed by atoms with Gasteiger partial charge >= 0.3 is 0 Å². The topological polar surface area (TPSA) is 37.4 Å². The van der Waals surface area contributed by atoms with Gasteiger partial charge in [0, 0.05) is 34.4 Å². The second-order valence-electron chi connectivity index (χ2n) is 3.65. The Morgan fingerprint density at radius 3 is 2.94 bits per heavy atom. The van der Waals surface area contributed by atoms with E-state index in [4.69, 9.17) is 10.7 Å². The zero-order valence-corrected chi connectivity index (χ0v) is 11.5. The minimum atomic E-state index is -3.65. The highest BCUT2D eigenvalue weighted by molar-refractivity contribution is 8.13. The summed E-state index contributed by atoms with van der Waals surface area (Å²) < 4.78 is 22.5. The fraction of sp³-hybridized carbons (Fsp3) is 0.273. The van der Waals surface area contributed by atoms with Crippen molar-refractivity contribution in [1.82, 2.24) is 0 Å². The molecule has 0 bridgehead atoms. The Morgan fingerprint density at radius 1 is 1.53 bits per heavy atom. The van der Waals surface area contributed by atoms with Crippen molar-refractivity contribution in [1.29, 1.82) is 0 Å². The average molecular weight is 290 g/mol. The van der Waals surface area contributed by atoms with Crippen LogP contribution in [0, 0.1) is 0 Å². The van der Waals surface area contributed by atoms with E-state index in [0.717, 1.165) is 29.4 Å². The number of benzene rings is 1. The highest BCUT2D eigenvalue weighted by Gasteiger charge is 2.19. The van der Waals surface area contributed by atoms with Crippen LogP contribution in [0.3, 0.4) is 0 Å². The monoisotopic (exact) mass is 289 g/mol. The van der Waals surface area contributed by atoms with E-state index in [1.54, 1.807) is 30.0 Å². The smallest absolute Gasteiger partial charge is 0.261 e. The highest BCUT2D eigenvalue weighted by Crippen LogP contribution is 2.36. The van der Waals surface area contributed by atoms with Gasteiger partial charge in [0.2, 0.25) is 0 Å². The molecule has 1 heterocycles. The SMILES string of the molecule is C=CCN1CCSc2cc(S(=O)(=O)Cl)ccc21. The maximum absolute atomic E-state index is 11.3.